The number of benzene rings is 1. The van der Waals surface area contributed by atoms with Crippen LogP contribution in [0.3, 0.4) is 0 Å². The zero-order chi connectivity index (χ0) is 16.5. The molecule has 1 aromatic carbocycles. The number of carbonyl (C=O) groups excluding carboxylic acids is 1. The molecule has 2 N–H and O–H groups in total. The average Bonchev–Trinajstić information content (AvgIpc) is 3.19. The highest BCUT2D eigenvalue weighted by atomic mass is 35.5. The third-order valence-electron chi connectivity index (χ3n) is 3.17. The number of H-pyrrole nitrogens is 1. The van der Waals surface area contributed by atoms with E-state index in [0.717, 1.165) is 10.9 Å². The normalized spacial score (nSPS) is 11.2. The van der Waals surface area contributed by atoms with Crippen molar-refractivity contribution >= 4 is 67.8 Å². The Hall–Kier alpha value is -2.23. The molecule has 24 heavy (non-hydrogen) atoms. The lowest BCUT2D eigenvalue weighted by atomic mass is 10.2. The van der Waals surface area contributed by atoms with E-state index < -0.39 is 0 Å². The third-order valence-corrected chi connectivity index (χ3v) is 4.93. The van der Waals surface area contributed by atoms with E-state index in [2.05, 4.69) is 30.5 Å². The molecule has 10 heteroatoms. The molecule has 0 saturated heterocycles. The first-order valence-corrected chi connectivity index (χ1v) is 9.07. The van der Waals surface area contributed by atoms with Gasteiger partial charge in [-0.25, -0.2) is 9.97 Å². The van der Waals surface area contributed by atoms with E-state index in [1.54, 1.807) is 17.6 Å². The number of thiazole rings is 1. The number of nitrogens with zero attached hydrogens (tertiary/aromatic N) is 4. The number of carbonyl (C=O) groups is 1. The first kappa shape index (κ1) is 15.3. The number of anilines is 1. The van der Waals surface area contributed by atoms with Crippen LogP contribution >= 0.6 is 34.7 Å². The summed E-state index contributed by atoms with van der Waals surface area (Å²) in [6.45, 7) is 0. The van der Waals surface area contributed by atoms with Crippen molar-refractivity contribution in [2.75, 3.05) is 11.1 Å². The van der Waals surface area contributed by atoms with Gasteiger partial charge in [-0.05, 0) is 18.2 Å². The van der Waals surface area contributed by atoms with Crippen molar-refractivity contribution in [2.45, 2.75) is 5.16 Å². The highest BCUT2D eigenvalue weighted by molar-refractivity contribution is 7.99. The summed E-state index contributed by atoms with van der Waals surface area (Å²) in [7, 11) is 0. The molecule has 0 unspecified atom stereocenters. The van der Waals surface area contributed by atoms with Gasteiger partial charge in [-0.3, -0.25) is 4.79 Å². The summed E-state index contributed by atoms with van der Waals surface area (Å²) >= 11 is 8.59. The van der Waals surface area contributed by atoms with Gasteiger partial charge in [0.2, 0.25) is 11.1 Å². The highest BCUT2D eigenvalue weighted by Gasteiger charge is 2.11. The number of hydrogen-bond donors (Lipinski definition) is 2. The Morgan fingerprint density at radius 2 is 2.29 bits per heavy atom. The molecule has 0 aliphatic rings. The molecule has 1 amide bonds. The first-order chi connectivity index (χ1) is 11.7. The van der Waals surface area contributed by atoms with Gasteiger partial charge in [0.25, 0.3) is 0 Å². The fourth-order valence-electron chi connectivity index (χ4n) is 2.16. The van der Waals surface area contributed by atoms with Crippen molar-refractivity contribution in [1.82, 2.24) is 25.1 Å². The summed E-state index contributed by atoms with van der Waals surface area (Å²) in [6, 6.07) is 5.49. The van der Waals surface area contributed by atoms with Crippen LogP contribution in [0.25, 0.3) is 22.1 Å². The molecule has 0 aliphatic carbocycles. The SMILES string of the molecule is O=C(CSc1nnc2c(n1)[nH]c1ccc(Cl)cc12)Nc1nccs1. The van der Waals surface area contributed by atoms with Gasteiger partial charge >= 0.3 is 0 Å². The monoisotopic (exact) mass is 376 g/mol. The first-order valence-electron chi connectivity index (χ1n) is 6.83. The maximum atomic E-state index is 11.9. The summed E-state index contributed by atoms with van der Waals surface area (Å²) in [4.78, 5) is 23.4. The van der Waals surface area contributed by atoms with Gasteiger partial charge in [-0.15, -0.1) is 21.5 Å². The zero-order valence-corrected chi connectivity index (χ0v) is 14.4. The number of rotatable bonds is 4. The Bertz CT molecular complexity index is 1030. The van der Waals surface area contributed by atoms with Crippen molar-refractivity contribution in [2.24, 2.45) is 0 Å². The molecule has 0 atom stereocenters. The molecule has 4 rings (SSSR count). The molecule has 120 valence electrons. The van der Waals surface area contributed by atoms with Gasteiger partial charge in [0.15, 0.2) is 10.8 Å². The number of aromatic nitrogens is 5. The van der Waals surface area contributed by atoms with E-state index in [4.69, 9.17) is 11.6 Å². The largest absolute Gasteiger partial charge is 0.338 e. The van der Waals surface area contributed by atoms with E-state index in [1.165, 1.54) is 23.1 Å². The second-order valence-electron chi connectivity index (χ2n) is 4.78. The van der Waals surface area contributed by atoms with E-state index in [9.17, 15) is 4.79 Å². The van der Waals surface area contributed by atoms with Gasteiger partial charge in [-0.1, -0.05) is 23.4 Å². The molecule has 3 aromatic heterocycles. The molecule has 0 fully saturated rings. The van der Waals surface area contributed by atoms with Gasteiger partial charge in [0, 0.05) is 27.5 Å². The van der Waals surface area contributed by atoms with Gasteiger partial charge in [-0.2, -0.15) is 0 Å². The van der Waals surface area contributed by atoms with Crippen LogP contribution in [0.4, 0.5) is 5.13 Å². The Kier molecular flexibility index (Phi) is 4.05. The fraction of sp³-hybridized carbons (Fsp3) is 0.0714. The molecule has 0 radical (unpaired) electrons. The third kappa shape index (κ3) is 3.05. The Morgan fingerprint density at radius 1 is 1.38 bits per heavy atom. The molecule has 3 heterocycles. The van der Waals surface area contributed by atoms with Crippen molar-refractivity contribution in [3.63, 3.8) is 0 Å². The minimum absolute atomic E-state index is 0.165. The van der Waals surface area contributed by atoms with E-state index in [1.807, 2.05) is 12.1 Å². The topological polar surface area (TPSA) is 96.5 Å². The standard InChI is InChI=1S/C14H9ClN6OS2/c15-7-1-2-9-8(5-7)11-12(17-9)19-14(21-20-11)24-6-10(22)18-13-16-3-4-23-13/h1-5H,6H2,(H,16,18,22)(H,17,19,21). The zero-order valence-electron chi connectivity index (χ0n) is 12.0. The minimum atomic E-state index is -0.165. The van der Waals surface area contributed by atoms with Crippen LogP contribution in [0.2, 0.25) is 5.02 Å². The van der Waals surface area contributed by atoms with Crippen molar-refractivity contribution in [3.8, 4) is 0 Å². The predicted molar refractivity (Wildman–Crippen MR) is 95.7 cm³/mol. The molecule has 7 nitrogen and oxygen atoms in total. The molecule has 0 bridgehead atoms. The number of hydrogen-bond acceptors (Lipinski definition) is 7. The summed E-state index contributed by atoms with van der Waals surface area (Å²) < 4.78 is 0. The second kappa shape index (κ2) is 6.34. The fourth-order valence-corrected chi connectivity index (χ4v) is 3.46. The summed E-state index contributed by atoms with van der Waals surface area (Å²) in [6.07, 6.45) is 1.64. The predicted octanol–water partition coefficient (Wildman–Crippen LogP) is 3.35. The van der Waals surface area contributed by atoms with Crippen molar-refractivity contribution in [3.05, 3.63) is 34.8 Å². The number of nitrogens with one attached hydrogen (secondary N) is 2. The molecule has 0 saturated carbocycles. The van der Waals surface area contributed by atoms with Crippen LogP contribution in [-0.2, 0) is 4.79 Å². The summed E-state index contributed by atoms with van der Waals surface area (Å²) in [5.74, 6) is 0.0146. The van der Waals surface area contributed by atoms with E-state index in [-0.39, 0.29) is 11.7 Å². The van der Waals surface area contributed by atoms with Crippen molar-refractivity contribution in [1.29, 1.82) is 0 Å². The molecule has 0 spiro atoms. The van der Waals surface area contributed by atoms with Gasteiger partial charge in [0.1, 0.15) is 5.52 Å². The molecular formula is C14H9ClN6OS2. The smallest absolute Gasteiger partial charge is 0.236 e. The lowest BCUT2D eigenvalue weighted by molar-refractivity contribution is -0.113. The van der Waals surface area contributed by atoms with Gasteiger partial charge < -0.3 is 10.3 Å². The maximum absolute atomic E-state index is 11.9. The second-order valence-corrected chi connectivity index (χ2v) is 7.05. The number of aromatic amines is 1. The van der Waals surface area contributed by atoms with Gasteiger partial charge in [0.05, 0.1) is 5.75 Å². The summed E-state index contributed by atoms with van der Waals surface area (Å²) in [5.41, 5.74) is 2.16. The van der Waals surface area contributed by atoms with Crippen LogP contribution < -0.4 is 5.32 Å². The Balaban J connectivity index is 1.52. The van der Waals surface area contributed by atoms with Crippen molar-refractivity contribution < 1.29 is 4.79 Å². The highest BCUT2D eigenvalue weighted by Crippen LogP contribution is 2.26. The quantitative estimate of drug-likeness (QED) is 0.530. The summed E-state index contributed by atoms with van der Waals surface area (Å²) in [5, 5.41) is 15.3. The average molecular weight is 377 g/mol. The van der Waals surface area contributed by atoms with Crippen LogP contribution in [-0.4, -0.2) is 36.8 Å². The number of amides is 1. The molecular weight excluding hydrogens is 368 g/mol. The molecule has 4 aromatic rings. The Morgan fingerprint density at radius 3 is 3.12 bits per heavy atom. The number of halogens is 1. The van der Waals surface area contributed by atoms with Crippen LogP contribution in [0, 0.1) is 0 Å². The lowest BCUT2D eigenvalue weighted by Crippen LogP contribution is -2.14. The molecule has 0 aliphatic heterocycles. The van der Waals surface area contributed by atoms with E-state index >= 15 is 0 Å². The van der Waals surface area contributed by atoms with Crippen LogP contribution in [0.15, 0.2) is 34.9 Å². The van der Waals surface area contributed by atoms with E-state index in [0.29, 0.717) is 26.5 Å². The Labute approximate surface area is 148 Å². The van der Waals surface area contributed by atoms with Crippen LogP contribution in [0.1, 0.15) is 0 Å². The maximum Gasteiger partial charge on any atom is 0.236 e. The number of fused-ring (bicyclic) bond motifs is 3. The lowest BCUT2D eigenvalue weighted by Gasteiger charge is -2.00. The minimum Gasteiger partial charge on any atom is -0.338 e. The number of thioether (sulfide) groups is 1. The van der Waals surface area contributed by atoms with Crippen LogP contribution in [0.5, 0.6) is 0 Å².